The van der Waals surface area contributed by atoms with Crippen molar-refractivity contribution < 1.29 is 28.3 Å². The van der Waals surface area contributed by atoms with Crippen LogP contribution in [0.2, 0.25) is 5.02 Å². The number of fused-ring (bicyclic) bond motifs is 1. The summed E-state index contributed by atoms with van der Waals surface area (Å²) in [6, 6.07) is 8.02. The monoisotopic (exact) mass is 594 g/mol. The van der Waals surface area contributed by atoms with Gasteiger partial charge >= 0.3 is 0 Å². The maximum Gasteiger partial charge on any atom is 0.270 e. The smallest absolute Gasteiger partial charge is 0.270 e. The molecule has 37 heavy (non-hydrogen) atoms. The van der Waals surface area contributed by atoms with Crippen molar-refractivity contribution in [3.05, 3.63) is 69.0 Å². The second-order valence-corrected chi connectivity index (χ2v) is 9.93. The van der Waals surface area contributed by atoms with E-state index in [0.29, 0.717) is 26.0 Å². The first-order valence-electron chi connectivity index (χ1n) is 11.3. The third-order valence-corrected chi connectivity index (χ3v) is 7.25. The van der Waals surface area contributed by atoms with Crippen molar-refractivity contribution in [3.63, 3.8) is 0 Å². The van der Waals surface area contributed by atoms with Gasteiger partial charge in [0.2, 0.25) is 11.8 Å². The summed E-state index contributed by atoms with van der Waals surface area (Å²) in [5.41, 5.74) is 0.814. The van der Waals surface area contributed by atoms with Crippen molar-refractivity contribution >= 4 is 56.2 Å². The lowest BCUT2D eigenvalue weighted by Gasteiger charge is -2.25. The molecule has 12 heteroatoms. The maximum absolute atomic E-state index is 14.2. The van der Waals surface area contributed by atoms with Gasteiger partial charge in [0.05, 0.1) is 29.7 Å². The van der Waals surface area contributed by atoms with Crippen LogP contribution >= 0.6 is 27.5 Å². The van der Waals surface area contributed by atoms with E-state index in [4.69, 9.17) is 11.6 Å². The molecular weight excluding hydrogens is 574 g/mol. The minimum atomic E-state index is -1.41. The number of amides is 3. The average Bonchev–Trinajstić information content (AvgIpc) is 3.26. The van der Waals surface area contributed by atoms with E-state index in [2.05, 4.69) is 31.5 Å². The van der Waals surface area contributed by atoms with E-state index < -0.39 is 48.3 Å². The fourth-order valence-corrected chi connectivity index (χ4v) is 4.68. The van der Waals surface area contributed by atoms with Crippen LogP contribution in [0.15, 0.2) is 46.9 Å². The number of alkyl halides is 1. The lowest BCUT2D eigenvalue weighted by molar-refractivity contribution is -0.138. The summed E-state index contributed by atoms with van der Waals surface area (Å²) in [7, 11) is 0. The Morgan fingerprint density at radius 2 is 2.00 bits per heavy atom. The summed E-state index contributed by atoms with van der Waals surface area (Å²) >= 11 is 9.23. The number of nitrogens with zero attached hydrogens (tertiary/aromatic N) is 2. The number of carbonyl (C=O) groups excluding carboxylic acids is 3. The molecule has 0 saturated carbocycles. The molecule has 3 amide bonds. The van der Waals surface area contributed by atoms with Crippen LogP contribution in [0.3, 0.4) is 0 Å². The van der Waals surface area contributed by atoms with Crippen LogP contribution in [0.1, 0.15) is 35.4 Å². The number of hydrogen-bond acceptors (Lipinski definition) is 5. The zero-order valence-electron chi connectivity index (χ0n) is 19.5. The number of carbonyl (C=O) groups is 3. The molecule has 194 valence electrons. The molecule has 0 bridgehead atoms. The Morgan fingerprint density at radius 1 is 1.24 bits per heavy atom. The van der Waals surface area contributed by atoms with Crippen LogP contribution in [0, 0.1) is 5.82 Å². The molecule has 3 N–H and O–H groups in total. The molecule has 3 aromatic rings. The highest BCUT2D eigenvalue weighted by atomic mass is 79.9. The largest absolute Gasteiger partial charge is 0.508 e. The van der Waals surface area contributed by atoms with Crippen molar-refractivity contribution in [3.8, 4) is 5.75 Å². The number of aromatic nitrogens is 1. The van der Waals surface area contributed by atoms with Crippen molar-refractivity contribution in [2.75, 3.05) is 13.1 Å². The molecule has 0 aliphatic carbocycles. The van der Waals surface area contributed by atoms with Crippen LogP contribution < -0.4 is 10.6 Å². The molecule has 1 aliphatic rings. The number of aromatic hydroxyl groups is 1. The number of pyridine rings is 1. The number of halogens is 4. The Kier molecular flexibility index (Phi) is 7.93. The first-order valence-corrected chi connectivity index (χ1v) is 12.5. The van der Waals surface area contributed by atoms with Crippen LogP contribution in [0.4, 0.5) is 8.78 Å². The van der Waals surface area contributed by atoms with Gasteiger partial charge in [0.1, 0.15) is 29.5 Å². The van der Waals surface area contributed by atoms with E-state index in [-0.39, 0.29) is 24.4 Å². The van der Waals surface area contributed by atoms with Crippen LogP contribution in [-0.2, 0) is 9.59 Å². The van der Waals surface area contributed by atoms with Crippen LogP contribution in [-0.4, -0.2) is 58.0 Å². The third-order valence-electron chi connectivity index (χ3n) is 6.05. The van der Waals surface area contributed by atoms with E-state index in [0.717, 1.165) is 4.90 Å². The van der Waals surface area contributed by atoms with Crippen LogP contribution in [0.25, 0.3) is 10.9 Å². The lowest BCUT2D eigenvalue weighted by Crippen LogP contribution is -2.49. The van der Waals surface area contributed by atoms with Gasteiger partial charge in [-0.2, -0.15) is 0 Å². The van der Waals surface area contributed by atoms with Gasteiger partial charge in [-0.15, -0.1) is 0 Å². The minimum absolute atomic E-state index is 0.0220. The number of benzene rings is 2. The van der Waals surface area contributed by atoms with Gasteiger partial charge in [0.25, 0.3) is 5.91 Å². The number of hydrogen-bond donors (Lipinski definition) is 3. The van der Waals surface area contributed by atoms with Gasteiger partial charge in [-0.05, 0) is 59.3 Å². The molecule has 2 heterocycles. The molecule has 2 aromatic carbocycles. The fourth-order valence-electron chi connectivity index (χ4n) is 4.17. The molecule has 0 radical (unpaired) electrons. The number of phenols is 1. The van der Waals surface area contributed by atoms with Gasteiger partial charge in [-0.25, -0.2) is 13.8 Å². The number of likely N-dealkylation sites (tertiary alicyclic amines) is 1. The van der Waals surface area contributed by atoms with Crippen molar-refractivity contribution in [2.45, 2.75) is 31.6 Å². The zero-order valence-corrected chi connectivity index (χ0v) is 21.8. The minimum Gasteiger partial charge on any atom is -0.508 e. The normalized spacial score (nSPS) is 18.0. The maximum atomic E-state index is 14.2. The molecule has 1 aromatic heterocycles. The summed E-state index contributed by atoms with van der Waals surface area (Å²) in [5.74, 6) is -2.44. The van der Waals surface area contributed by atoms with Gasteiger partial charge in [-0.3, -0.25) is 14.4 Å². The van der Waals surface area contributed by atoms with Gasteiger partial charge in [0.15, 0.2) is 0 Å². The summed E-state index contributed by atoms with van der Waals surface area (Å²) < 4.78 is 28.1. The summed E-state index contributed by atoms with van der Waals surface area (Å²) in [6.07, 6.45) is -1.61. The van der Waals surface area contributed by atoms with E-state index in [9.17, 15) is 28.3 Å². The topological polar surface area (TPSA) is 112 Å². The van der Waals surface area contributed by atoms with E-state index >= 15 is 0 Å². The Bertz CT molecular complexity index is 1390. The second-order valence-electron chi connectivity index (χ2n) is 8.67. The predicted octanol–water partition coefficient (Wildman–Crippen LogP) is 4.04. The molecule has 0 spiro atoms. The van der Waals surface area contributed by atoms with E-state index in [1.807, 2.05) is 0 Å². The van der Waals surface area contributed by atoms with E-state index in [1.54, 1.807) is 13.0 Å². The number of rotatable bonds is 6. The molecule has 1 saturated heterocycles. The molecule has 1 fully saturated rings. The fraction of sp³-hybridized carbons (Fsp3) is 0.280. The number of nitrogens with one attached hydrogen (secondary N) is 2. The highest BCUT2D eigenvalue weighted by Crippen LogP contribution is 2.33. The molecule has 0 unspecified atom stereocenters. The Balaban J connectivity index is 1.39. The molecule has 4 rings (SSSR count). The highest BCUT2D eigenvalue weighted by Gasteiger charge is 2.40. The number of phenolic OH excluding ortho intramolecular Hbond substituents is 1. The van der Waals surface area contributed by atoms with Crippen molar-refractivity contribution in [1.82, 2.24) is 20.5 Å². The Morgan fingerprint density at radius 3 is 2.76 bits per heavy atom. The highest BCUT2D eigenvalue weighted by molar-refractivity contribution is 9.10. The zero-order chi connectivity index (χ0) is 26.9. The lowest BCUT2D eigenvalue weighted by atomic mass is 10.1. The third kappa shape index (κ3) is 5.99. The van der Waals surface area contributed by atoms with Gasteiger partial charge in [-0.1, -0.05) is 17.7 Å². The Hall–Kier alpha value is -3.31. The van der Waals surface area contributed by atoms with Crippen LogP contribution in [0.5, 0.6) is 5.75 Å². The van der Waals surface area contributed by atoms with E-state index in [1.165, 1.54) is 36.4 Å². The SMILES string of the molecule is C[C@H](NC(=O)[C@@H]1C[C@@H](F)CN1C(=O)CNC(=O)c1ccc2cc(F)ccc2n1)c1cc(Br)c(Cl)cc1O. The molecular formula is C25H22BrClF2N4O4. The summed E-state index contributed by atoms with van der Waals surface area (Å²) in [5, 5.41) is 16.1. The average molecular weight is 596 g/mol. The Labute approximate surface area is 224 Å². The second kappa shape index (κ2) is 11.0. The standard InChI is InChI=1S/C25H22BrClF2N4O4/c1-12(16-8-17(26)18(27)9-22(16)34)31-25(37)21-7-15(29)11-33(21)23(35)10-30-24(36)20-4-2-13-6-14(28)3-5-19(13)32-20/h2-6,8-9,12,15,21,34H,7,10-11H2,1H3,(H,30,36)(H,31,37)/t12-,15+,21-/m0/s1. The van der Waals surface area contributed by atoms with Gasteiger partial charge < -0.3 is 20.6 Å². The molecule has 1 aliphatic heterocycles. The first kappa shape index (κ1) is 26.7. The molecule has 8 nitrogen and oxygen atoms in total. The van der Waals surface area contributed by atoms with Crippen molar-refractivity contribution in [2.24, 2.45) is 0 Å². The summed E-state index contributed by atoms with van der Waals surface area (Å²) in [6.45, 7) is 0.865. The quantitative estimate of drug-likeness (QED) is 0.398. The van der Waals surface area contributed by atoms with Crippen molar-refractivity contribution in [1.29, 1.82) is 0 Å². The van der Waals surface area contributed by atoms with Gasteiger partial charge in [0, 0.05) is 21.8 Å². The first-order chi connectivity index (χ1) is 17.5. The molecule has 3 atom stereocenters. The summed E-state index contributed by atoms with van der Waals surface area (Å²) in [4.78, 5) is 43.6. The predicted molar refractivity (Wildman–Crippen MR) is 136 cm³/mol.